The molecule has 3 rings (SSSR count). The van der Waals surface area contributed by atoms with E-state index in [1.807, 2.05) is 31.2 Å². The summed E-state index contributed by atoms with van der Waals surface area (Å²) in [6, 6.07) is 10.7. The summed E-state index contributed by atoms with van der Waals surface area (Å²) in [5, 5.41) is 4.51. The van der Waals surface area contributed by atoms with E-state index in [0.717, 1.165) is 35.3 Å². The molecule has 1 N–H and O–H groups in total. The Hall–Kier alpha value is -1.61. The number of rotatable bonds is 2. The third-order valence-corrected chi connectivity index (χ3v) is 3.41. The molecule has 1 unspecified atom stereocenters. The first-order valence-corrected chi connectivity index (χ1v) is 6.49. The maximum absolute atomic E-state index is 6.14. The second-order valence-electron chi connectivity index (χ2n) is 5.06. The van der Waals surface area contributed by atoms with Gasteiger partial charge in [-0.05, 0) is 26.0 Å². The summed E-state index contributed by atoms with van der Waals surface area (Å²) in [6.07, 6.45) is 1.33. The number of hydrogen-bond donors (Lipinski definition) is 1. The van der Waals surface area contributed by atoms with E-state index in [1.165, 1.54) is 0 Å². The molecule has 0 aliphatic carbocycles. The SMILES string of the molecule is Cc1cc(OC2CN[C@@H](C)C2)c2ccccc2n1. The van der Waals surface area contributed by atoms with Crippen LogP contribution in [-0.2, 0) is 0 Å². The summed E-state index contributed by atoms with van der Waals surface area (Å²) < 4.78 is 6.14. The van der Waals surface area contributed by atoms with E-state index in [0.29, 0.717) is 6.04 Å². The van der Waals surface area contributed by atoms with Crippen LogP contribution in [0.2, 0.25) is 0 Å². The van der Waals surface area contributed by atoms with Crippen molar-refractivity contribution in [3.05, 3.63) is 36.0 Å². The molecule has 3 heteroatoms. The molecule has 0 radical (unpaired) electrons. The van der Waals surface area contributed by atoms with E-state index in [2.05, 4.69) is 23.3 Å². The molecule has 0 saturated carbocycles. The van der Waals surface area contributed by atoms with Crippen LogP contribution in [0.15, 0.2) is 30.3 Å². The van der Waals surface area contributed by atoms with Gasteiger partial charge in [0.15, 0.2) is 0 Å². The minimum Gasteiger partial charge on any atom is -0.488 e. The Bertz CT molecular complexity index is 567. The topological polar surface area (TPSA) is 34.1 Å². The second kappa shape index (κ2) is 4.58. The van der Waals surface area contributed by atoms with Crippen LogP contribution in [0.1, 0.15) is 19.0 Å². The van der Waals surface area contributed by atoms with E-state index < -0.39 is 0 Å². The molecule has 3 nitrogen and oxygen atoms in total. The van der Waals surface area contributed by atoms with E-state index in [9.17, 15) is 0 Å². The molecule has 1 saturated heterocycles. The lowest BCUT2D eigenvalue weighted by molar-refractivity contribution is 0.223. The molecule has 1 aromatic heterocycles. The molecule has 1 aliphatic heterocycles. The van der Waals surface area contributed by atoms with Crippen LogP contribution in [0.5, 0.6) is 5.75 Å². The fourth-order valence-corrected chi connectivity index (χ4v) is 2.53. The molecule has 2 heterocycles. The number of hydrogen-bond acceptors (Lipinski definition) is 3. The quantitative estimate of drug-likeness (QED) is 0.879. The van der Waals surface area contributed by atoms with Crippen LogP contribution in [-0.4, -0.2) is 23.7 Å². The first-order valence-electron chi connectivity index (χ1n) is 6.49. The second-order valence-corrected chi connectivity index (χ2v) is 5.06. The van der Waals surface area contributed by atoms with Crippen LogP contribution >= 0.6 is 0 Å². The van der Waals surface area contributed by atoms with Gasteiger partial charge in [0.05, 0.1) is 5.52 Å². The van der Waals surface area contributed by atoms with Gasteiger partial charge in [0.2, 0.25) is 0 Å². The summed E-state index contributed by atoms with van der Waals surface area (Å²) in [7, 11) is 0. The van der Waals surface area contributed by atoms with Crippen molar-refractivity contribution >= 4 is 10.9 Å². The highest BCUT2D eigenvalue weighted by Crippen LogP contribution is 2.27. The molecule has 1 aliphatic rings. The van der Waals surface area contributed by atoms with Gasteiger partial charge < -0.3 is 10.1 Å². The van der Waals surface area contributed by atoms with E-state index in [-0.39, 0.29) is 6.10 Å². The van der Waals surface area contributed by atoms with Crippen molar-refractivity contribution in [3.8, 4) is 5.75 Å². The monoisotopic (exact) mass is 242 g/mol. The Morgan fingerprint density at radius 1 is 1.33 bits per heavy atom. The van der Waals surface area contributed by atoms with Crippen LogP contribution in [0.4, 0.5) is 0 Å². The minimum atomic E-state index is 0.269. The van der Waals surface area contributed by atoms with Crippen molar-refractivity contribution in [1.82, 2.24) is 10.3 Å². The van der Waals surface area contributed by atoms with Crippen molar-refractivity contribution in [1.29, 1.82) is 0 Å². The molecule has 0 bridgehead atoms. The van der Waals surface area contributed by atoms with Crippen molar-refractivity contribution in [2.45, 2.75) is 32.4 Å². The van der Waals surface area contributed by atoms with Gasteiger partial charge in [-0.25, -0.2) is 0 Å². The van der Waals surface area contributed by atoms with Gasteiger partial charge in [-0.3, -0.25) is 4.98 Å². The normalized spacial score (nSPS) is 23.4. The number of ether oxygens (including phenoxy) is 1. The zero-order chi connectivity index (χ0) is 12.5. The standard InChI is InChI=1S/C15H18N2O/c1-10-7-12(9-16-10)18-15-8-11(2)17-14-6-4-3-5-13(14)15/h3-6,8,10,12,16H,7,9H2,1-2H3/t10-,12?/m0/s1. The highest BCUT2D eigenvalue weighted by Gasteiger charge is 2.22. The predicted octanol–water partition coefficient (Wildman–Crippen LogP) is 2.67. The fourth-order valence-electron chi connectivity index (χ4n) is 2.53. The maximum atomic E-state index is 6.14. The van der Waals surface area contributed by atoms with Gasteiger partial charge in [0, 0.05) is 36.2 Å². The third kappa shape index (κ3) is 2.18. The lowest BCUT2D eigenvalue weighted by Crippen LogP contribution is -2.20. The Morgan fingerprint density at radius 2 is 2.17 bits per heavy atom. The molecule has 0 amide bonds. The van der Waals surface area contributed by atoms with Gasteiger partial charge >= 0.3 is 0 Å². The van der Waals surface area contributed by atoms with Gasteiger partial charge in [0.1, 0.15) is 11.9 Å². The van der Waals surface area contributed by atoms with Crippen LogP contribution in [0, 0.1) is 6.92 Å². The van der Waals surface area contributed by atoms with E-state index in [1.54, 1.807) is 0 Å². The smallest absolute Gasteiger partial charge is 0.130 e. The molecule has 0 spiro atoms. The summed E-state index contributed by atoms with van der Waals surface area (Å²) in [6.45, 7) is 5.13. The number of nitrogens with zero attached hydrogens (tertiary/aromatic N) is 1. The number of pyridine rings is 1. The average molecular weight is 242 g/mol. The molecule has 1 fully saturated rings. The maximum Gasteiger partial charge on any atom is 0.130 e. The Balaban J connectivity index is 1.95. The van der Waals surface area contributed by atoms with E-state index >= 15 is 0 Å². The lowest BCUT2D eigenvalue weighted by atomic mass is 10.1. The number of fused-ring (bicyclic) bond motifs is 1. The zero-order valence-electron chi connectivity index (χ0n) is 10.8. The molecular formula is C15H18N2O. The summed E-state index contributed by atoms with van der Waals surface area (Å²) in [4.78, 5) is 4.53. The summed E-state index contributed by atoms with van der Waals surface area (Å²) in [5.74, 6) is 0.957. The first kappa shape index (κ1) is 11.5. The van der Waals surface area contributed by atoms with Crippen LogP contribution < -0.4 is 10.1 Å². The Labute approximate surface area is 107 Å². The van der Waals surface area contributed by atoms with E-state index in [4.69, 9.17) is 4.74 Å². The predicted molar refractivity (Wildman–Crippen MR) is 73.0 cm³/mol. The number of nitrogens with one attached hydrogen (secondary N) is 1. The van der Waals surface area contributed by atoms with Crippen LogP contribution in [0.25, 0.3) is 10.9 Å². The fraction of sp³-hybridized carbons (Fsp3) is 0.400. The molecular weight excluding hydrogens is 224 g/mol. The minimum absolute atomic E-state index is 0.269. The van der Waals surface area contributed by atoms with Gasteiger partial charge in [0.25, 0.3) is 0 Å². The van der Waals surface area contributed by atoms with Crippen molar-refractivity contribution in [2.75, 3.05) is 6.54 Å². The molecule has 18 heavy (non-hydrogen) atoms. The van der Waals surface area contributed by atoms with Crippen molar-refractivity contribution < 1.29 is 4.74 Å². The van der Waals surface area contributed by atoms with Gasteiger partial charge in [-0.1, -0.05) is 12.1 Å². The van der Waals surface area contributed by atoms with Crippen LogP contribution in [0.3, 0.4) is 0 Å². The molecule has 1 aromatic carbocycles. The van der Waals surface area contributed by atoms with Crippen molar-refractivity contribution in [2.24, 2.45) is 0 Å². The van der Waals surface area contributed by atoms with Gasteiger partial charge in [-0.2, -0.15) is 0 Å². The number of aryl methyl sites for hydroxylation is 1. The number of aromatic nitrogens is 1. The average Bonchev–Trinajstić information content (AvgIpc) is 2.74. The number of benzene rings is 1. The zero-order valence-corrected chi connectivity index (χ0v) is 10.8. The summed E-state index contributed by atoms with van der Waals surface area (Å²) in [5.41, 5.74) is 2.01. The number of para-hydroxylation sites is 1. The first-order chi connectivity index (χ1) is 8.72. The Kier molecular flexibility index (Phi) is 2.92. The highest BCUT2D eigenvalue weighted by molar-refractivity contribution is 5.85. The van der Waals surface area contributed by atoms with Gasteiger partial charge in [-0.15, -0.1) is 0 Å². The third-order valence-electron chi connectivity index (χ3n) is 3.41. The highest BCUT2D eigenvalue weighted by atomic mass is 16.5. The summed E-state index contributed by atoms with van der Waals surface area (Å²) >= 11 is 0. The lowest BCUT2D eigenvalue weighted by Gasteiger charge is -2.15. The molecule has 94 valence electrons. The molecule has 2 atom stereocenters. The van der Waals surface area contributed by atoms with Crippen molar-refractivity contribution in [3.63, 3.8) is 0 Å². The Morgan fingerprint density at radius 3 is 2.94 bits per heavy atom. The molecule has 2 aromatic rings. The largest absolute Gasteiger partial charge is 0.488 e.